The average molecular weight is 358 g/mol. The Morgan fingerprint density at radius 3 is 2.83 bits per heavy atom. The molecule has 1 N–H and O–H groups in total. The van der Waals surface area contributed by atoms with Crippen LogP contribution in [0.3, 0.4) is 0 Å². The van der Waals surface area contributed by atoms with Crippen LogP contribution in [0.15, 0.2) is 24.3 Å². The first-order chi connectivity index (χ1) is 10.9. The molecule has 1 atom stereocenters. The normalized spacial score (nSPS) is 19.6. The Bertz CT molecular complexity index is 630. The maximum atomic E-state index is 11.8. The fourth-order valence-corrected chi connectivity index (χ4v) is 5.02. The molecule has 2 rings (SSSR count). The first-order valence-corrected chi connectivity index (χ1v) is 10.4. The van der Waals surface area contributed by atoms with Crippen molar-refractivity contribution in [2.24, 2.45) is 5.92 Å². The summed E-state index contributed by atoms with van der Waals surface area (Å²) in [6.07, 6.45) is 4.69. The van der Waals surface area contributed by atoms with Gasteiger partial charge in [-0.3, -0.25) is 4.79 Å². The molecular weight excluding hydrogens is 334 g/mol. The number of rotatable bonds is 8. The number of sulfone groups is 1. The largest absolute Gasteiger partial charge is 0.356 e. The van der Waals surface area contributed by atoms with Crippen LogP contribution in [-0.4, -0.2) is 32.4 Å². The molecule has 1 fully saturated rings. The van der Waals surface area contributed by atoms with Gasteiger partial charge in [0, 0.05) is 18.0 Å². The fraction of sp³-hybridized carbons (Fsp3) is 0.588. The highest BCUT2D eigenvalue weighted by atomic mass is 35.5. The molecule has 23 heavy (non-hydrogen) atoms. The van der Waals surface area contributed by atoms with Crippen molar-refractivity contribution in [1.82, 2.24) is 5.32 Å². The van der Waals surface area contributed by atoms with Crippen molar-refractivity contribution in [1.29, 1.82) is 0 Å². The summed E-state index contributed by atoms with van der Waals surface area (Å²) in [5.74, 6) is 0.716. The van der Waals surface area contributed by atoms with Crippen LogP contribution in [0, 0.1) is 5.92 Å². The average Bonchev–Trinajstić information content (AvgIpc) is 2.84. The number of hydrogen-bond donors (Lipinski definition) is 1. The van der Waals surface area contributed by atoms with E-state index in [1.54, 1.807) is 0 Å². The quantitative estimate of drug-likeness (QED) is 0.727. The summed E-state index contributed by atoms with van der Waals surface area (Å²) in [6.45, 7) is 0.669. The molecule has 0 aliphatic carbocycles. The van der Waals surface area contributed by atoms with Gasteiger partial charge in [0.1, 0.15) is 0 Å². The lowest BCUT2D eigenvalue weighted by Gasteiger charge is -2.08. The maximum Gasteiger partial charge on any atom is 0.220 e. The third-order valence-electron chi connectivity index (χ3n) is 4.21. The summed E-state index contributed by atoms with van der Waals surface area (Å²) in [6, 6.07) is 7.83. The van der Waals surface area contributed by atoms with Crippen LogP contribution in [-0.2, 0) is 21.1 Å². The van der Waals surface area contributed by atoms with E-state index in [1.165, 1.54) is 5.56 Å². The number of aryl methyl sites for hydroxylation is 1. The fourth-order valence-electron chi connectivity index (χ4n) is 2.90. The minimum Gasteiger partial charge on any atom is -0.356 e. The van der Waals surface area contributed by atoms with E-state index in [-0.39, 0.29) is 23.3 Å². The maximum absolute atomic E-state index is 11.8. The zero-order valence-electron chi connectivity index (χ0n) is 13.3. The minimum atomic E-state index is -2.84. The van der Waals surface area contributed by atoms with Gasteiger partial charge in [-0.15, -0.1) is 0 Å². The predicted molar refractivity (Wildman–Crippen MR) is 93.4 cm³/mol. The van der Waals surface area contributed by atoms with E-state index < -0.39 is 9.84 Å². The summed E-state index contributed by atoms with van der Waals surface area (Å²) in [5.41, 5.74) is 1.21. The molecule has 1 aromatic carbocycles. The van der Waals surface area contributed by atoms with Gasteiger partial charge in [-0.25, -0.2) is 8.42 Å². The Labute approximate surface area is 143 Å². The van der Waals surface area contributed by atoms with E-state index in [1.807, 2.05) is 18.2 Å². The monoisotopic (exact) mass is 357 g/mol. The number of benzene rings is 1. The van der Waals surface area contributed by atoms with Crippen molar-refractivity contribution in [2.75, 3.05) is 18.1 Å². The SMILES string of the molecule is O=C(CCC1CCS(=O)(=O)C1)NCCCCc1cccc(Cl)c1. The Balaban J connectivity index is 1.53. The van der Waals surface area contributed by atoms with Gasteiger partial charge < -0.3 is 5.32 Å². The molecule has 0 saturated carbocycles. The first kappa shape index (κ1) is 18.3. The van der Waals surface area contributed by atoms with Crippen molar-refractivity contribution in [2.45, 2.75) is 38.5 Å². The Morgan fingerprint density at radius 1 is 1.30 bits per heavy atom. The lowest BCUT2D eigenvalue weighted by molar-refractivity contribution is -0.121. The van der Waals surface area contributed by atoms with Gasteiger partial charge in [-0.05, 0) is 55.7 Å². The van der Waals surface area contributed by atoms with Gasteiger partial charge in [0.05, 0.1) is 11.5 Å². The Morgan fingerprint density at radius 2 is 2.13 bits per heavy atom. The second-order valence-electron chi connectivity index (χ2n) is 6.24. The summed E-state index contributed by atoms with van der Waals surface area (Å²) < 4.78 is 22.7. The molecule has 0 bridgehead atoms. The second kappa shape index (κ2) is 8.69. The molecule has 0 aromatic heterocycles. The van der Waals surface area contributed by atoms with Crippen molar-refractivity contribution in [3.05, 3.63) is 34.9 Å². The summed E-state index contributed by atoms with van der Waals surface area (Å²) >= 11 is 5.94. The number of nitrogens with one attached hydrogen (secondary N) is 1. The second-order valence-corrected chi connectivity index (χ2v) is 8.91. The zero-order valence-corrected chi connectivity index (χ0v) is 14.8. The number of carbonyl (C=O) groups is 1. The van der Waals surface area contributed by atoms with E-state index in [4.69, 9.17) is 11.6 Å². The Kier molecular flexibility index (Phi) is 6.90. The van der Waals surface area contributed by atoms with Crippen LogP contribution in [0.5, 0.6) is 0 Å². The molecule has 1 aliphatic rings. The third kappa shape index (κ3) is 6.92. The standard InChI is InChI=1S/C17H24ClNO3S/c18-16-6-3-5-14(12-16)4-1-2-10-19-17(20)8-7-15-9-11-23(21,22)13-15/h3,5-6,12,15H,1-2,4,7-11,13H2,(H,19,20). The smallest absolute Gasteiger partial charge is 0.220 e. The van der Waals surface area contributed by atoms with Crippen LogP contribution >= 0.6 is 11.6 Å². The lowest BCUT2D eigenvalue weighted by Crippen LogP contribution is -2.25. The molecule has 128 valence electrons. The lowest BCUT2D eigenvalue weighted by atomic mass is 10.0. The zero-order chi connectivity index (χ0) is 16.7. The highest BCUT2D eigenvalue weighted by Crippen LogP contribution is 2.22. The molecule has 4 nitrogen and oxygen atoms in total. The number of amides is 1. The van der Waals surface area contributed by atoms with Gasteiger partial charge in [0.25, 0.3) is 0 Å². The first-order valence-electron chi connectivity index (χ1n) is 8.16. The van der Waals surface area contributed by atoms with E-state index in [0.717, 1.165) is 24.3 Å². The summed E-state index contributed by atoms with van der Waals surface area (Å²) in [4.78, 5) is 11.8. The summed E-state index contributed by atoms with van der Waals surface area (Å²) in [7, 11) is -2.84. The van der Waals surface area contributed by atoms with Gasteiger partial charge in [0.2, 0.25) is 5.91 Å². The van der Waals surface area contributed by atoms with Gasteiger partial charge in [-0.2, -0.15) is 0 Å². The van der Waals surface area contributed by atoms with Crippen LogP contribution in [0.2, 0.25) is 5.02 Å². The molecular formula is C17H24ClNO3S. The topological polar surface area (TPSA) is 63.2 Å². The molecule has 1 aliphatic heterocycles. The number of hydrogen-bond acceptors (Lipinski definition) is 3. The van der Waals surface area contributed by atoms with Crippen molar-refractivity contribution in [3.63, 3.8) is 0 Å². The molecule has 0 radical (unpaired) electrons. The van der Waals surface area contributed by atoms with Crippen LogP contribution in [0.4, 0.5) is 0 Å². The molecule has 1 unspecified atom stereocenters. The predicted octanol–water partition coefficient (Wildman–Crippen LogP) is 2.99. The number of unbranched alkanes of at least 4 members (excludes halogenated alkanes) is 1. The molecule has 1 heterocycles. The molecule has 1 saturated heterocycles. The van der Waals surface area contributed by atoms with Crippen molar-refractivity contribution in [3.8, 4) is 0 Å². The van der Waals surface area contributed by atoms with E-state index >= 15 is 0 Å². The molecule has 1 amide bonds. The van der Waals surface area contributed by atoms with Crippen LogP contribution in [0.25, 0.3) is 0 Å². The van der Waals surface area contributed by atoms with Crippen LogP contribution in [0.1, 0.15) is 37.7 Å². The van der Waals surface area contributed by atoms with Crippen LogP contribution < -0.4 is 5.32 Å². The molecule has 1 aromatic rings. The van der Waals surface area contributed by atoms with Crippen molar-refractivity contribution >= 4 is 27.3 Å². The Hall–Kier alpha value is -1.07. The highest BCUT2D eigenvalue weighted by Gasteiger charge is 2.27. The van der Waals surface area contributed by atoms with Crippen molar-refractivity contribution < 1.29 is 13.2 Å². The molecule has 6 heteroatoms. The van der Waals surface area contributed by atoms with Gasteiger partial charge in [0.15, 0.2) is 9.84 Å². The van der Waals surface area contributed by atoms with Gasteiger partial charge >= 0.3 is 0 Å². The van der Waals surface area contributed by atoms with Gasteiger partial charge in [-0.1, -0.05) is 23.7 Å². The van der Waals surface area contributed by atoms with E-state index in [0.29, 0.717) is 25.8 Å². The van der Waals surface area contributed by atoms with E-state index in [9.17, 15) is 13.2 Å². The third-order valence-corrected chi connectivity index (χ3v) is 6.28. The number of carbonyl (C=O) groups excluding carboxylic acids is 1. The van der Waals surface area contributed by atoms with E-state index in [2.05, 4.69) is 11.4 Å². The number of halogens is 1. The molecule has 0 spiro atoms. The highest BCUT2D eigenvalue weighted by molar-refractivity contribution is 7.91. The minimum absolute atomic E-state index is 0.0250. The summed E-state index contributed by atoms with van der Waals surface area (Å²) in [5, 5.41) is 3.66.